The summed E-state index contributed by atoms with van der Waals surface area (Å²) in [4.78, 5) is 30.4. The van der Waals surface area contributed by atoms with Gasteiger partial charge in [-0.1, -0.05) is 36.4 Å². The van der Waals surface area contributed by atoms with Crippen LogP contribution in [0.4, 0.5) is 0 Å². The van der Waals surface area contributed by atoms with E-state index >= 15 is 0 Å². The molecule has 2 amide bonds. The second kappa shape index (κ2) is 8.24. The number of benzene rings is 2. The van der Waals surface area contributed by atoms with Gasteiger partial charge in [0.25, 0.3) is 5.91 Å². The number of carbonyl (C=O) groups is 2. The minimum atomic E-state index is -0.463. The molecule has 2 aromatic carbocycles. The molecule has 146 valence electrons. The molecule has 1 aliphatic heterocycles. The zero-order chi connectivity index (χ0) is 20.2. The Hall–Kier alpha value is -3.51. The average molecular weight is 387 g/mol. The first-order valence-electron chi connectivity index (χ1n) is 9.44. The number of nitrogens with two attached hydrogens (primary N) is 1. The molecule has 0 aliphatic carbocycles. The maximum absolute atomic E-state index is 12.7. The number of morpholine rings is 1. The lowest BCUT2D eigenvalue weighted by atomic mass is 10.0. The van der Waals surface area contributed by atoms with Gasteiger partial charge < -0.3 is 15.4 Å². The zero-order valence-corrected chi connectivity index (χ0v) is 15.8. The lowest BCUT2D eigenvalue weighted by Gasteiger charge is -2.32. The Morgan fingerprint density at radius 1 is 0.966 bits per heavy atom. The number of primary amides is 1. The highest BCUT2D eigenvalue weighted by Gasteiger charge is 2.26. The van der Waals surface area contributed by atoms with E-state index < -0.39 is 5.91 Å². The first-order chi connectivity index (χ1) is 14.1. The summed E-state index contributed by atoms with van der Waals surface area (Å²) in [7, 11) is 0. The topological polar surface area (TPSA) is 85.5 Å². The molecule has 29 heavy (non-hydrogen) atoms. The summed E-state index contributed by atoms with van der Waals surface area (Å²) in [5.41, 5.74) is 9.00. The molecule has 3 aromatic rings. The number of nitrogens with zero attached hydrogens (tertiary/aromatic N) is 2. The van der Waals surface area contributed by atoms with Crippen LogP contribution in [0.1, 0.15) is 32.5 Å². The molecule has 1 saturated heterocycles. The Balaban J connectivity index is 1.49. The highest BCUT2D eigenvalue weighted by Crippen LogP contribution is 2.25. The number of amides is 2. The zero-order valence-electron chi connectivity index (χ0n) is 15.8. The van der Waals surface area contributed by atoms with Gasteiger partial charge in [-0.15, -0.1) is 0 Å². The molecule has 2 N–H and O–H groups in total. The first-order valence-corrected chi connectivity index (χ1v) is 9.44. The molecular formula is C23H21N3O3. The number of hydrogen-bond acceptors (Lipinski definition) is 4. The van der Waals surface area contributed by atoms with Crippen LogP contribution in [0.15, 0.2) is 72.9 Å². The number of carbonyl (C=O) groups excluding carboxylic acids is 2. The van der Waals surface area contributed by atoms with E-state index in [0.29, 0.717) is 30.8 Å². The summed E-state index contributed by atoms with van der Waals surface area (Å²) in [6.45, 7) is 1.48. The Bertz CT molecular complexity index is 1020. The SMILES string of the molecule is NC(=O)c1cccc(-c2ccc(C3CN(C(=O)c4ccccc4)CCO3)nc2)c1. The van der Waals surface area contributed by atoms with Crippen molar-refractivity contribution in [3.8, 4) is 11.1 Å². The van der Waals surface area contributed by atoms with Crippen molar-refractivity contribution in [3.05, 3.63) is 89.7 Å². The van der Waals surface area contributed by atoms with Gasteiger partial charge in [-0.25, -0.2) is 0 Å². The number of pyridine rings is 1. The molecule has 0 bridgehead atoms. The van der Waals surface area contributed by atoms with Crippen LogP contribution in [0.5, 0.6) is 0 Å². The van der Waals surface area contributed by atoms with Crippen molar-refractivity contribution in [2.45, 2.75) is 6.10 Å². The third-order valence-electron chi connectivity index (χ3n) is 4.97. The molecule has 1 unspecified atom stereocenters. The summed E-state index contributed by atoms with van der Waals surface area (Å²) in [6.07, 6.45) is 1.47. The smallest absolute Gasteiger partial charge is 0.254 e. The lowest BCUT2D eigenvalue weighted by molar-refractivity contribution is -0.0247. The van der Waals surface area contributed by atoms with Crippen LogP contribution in [-0.2, 0) is 4.74 Å². The van der Waals surface area contributed by atoms with E-state index in [1.54, 1.807) is 29.3 Å². The number of hydrogen-bond donors (Lipinski definition) is 1. The van der Waals surface area contributed by atoms with E-state index in [1.165, 1.54) is 0 Å². The van der Waals surface area contributed by atoms with Crippen LogP contribution >= 0.6 is 0 Å². The Morgan fingerprint density at radius 3 is 2.48 bits per heavy atom. The fraction of sp³-hybridized carbons (Fsp3) is 0.174. The molecule has 1 aliphatic rings. The van der Waals surface area contributed by atoms with Gasteiger partial charge in [0.2, 0.25) is 5.91 Å². The summed E-state index contributed by atoms with van der Waals surface area (Å²) in [6, 6.07) is 20.2. The maximum atomic E-state index is 12.7. The quantitative estimate of drug-likeness (QED) is 0.746. The van der Waals surface area contributed by atoms with Crippen LogP contribution in [0.25, 0.3) is 11.1 Å². The van der Waals surface area contributed by atoms with Crippen LogP contribution in [0.2, 0.25) is 0 Å². The summed E-state index contributed by atoms with van der Waals surface area (Å²) < 4.78 is 5.86. The molecule has 6 heteroatoms. The van der Waals surface area contributed by atoms with E-state index in [1.807, 2.05) is 48.5 Å². The minimum absolute atomic E-state index is 0.00112. The average Bonchev–Trinajstić information content (AvgIpc) is 2.79. The molecule has 4 rings (SSSR count). The standard InChI is InChI=1S/C23H21N3O3/c24-22(27)18-8-4-7-17(13-18)19-9-10-20(25-14-19)21-15-26(11-12-29-21)23(28)16-5-2-1-3-6-16/h1-10,13-14,21H,11-12,15H2,(H2,24,27). The van der Waals surface area contributed by atoms with Gasteiger partial charge in [0, 0.05) is 29.4 Å². The van der Waals surface area contributed by atoms with E-state index in [2.05, 4.69) is 4.98 Å². The monoisotopic (exact) mass is 387 g/mol. The number of aromatic nitrogens is 1. The van der Waals surface area contributed by atoms with Gasteiger partial charge in [0.15, 0.2) is 0 Å². The highest BCUT2D eigenvalue weighted by atomic mass is 16.5. The summed E-state index contributed by atoms with van der Waals surface area (Å²) in [5.74, 6) is -0.464. The molecule has 1 fully saturated rings. The Labute approximate surface area is 168 Å². The van der Waals surface area contributed by atoms with Gasteiger partial charge in [-0.05, 0) is 35.9 Å². The Morgan fingerprint density at radius 2 is 1.76 bits per heavy atom. The van der Waals surface area contributed by atoms with Gasteiger partial charge in [-0.3, -0.25) is 14.6 Å². The molecule has 1 aromatic heterocycles. The molecule has 0 spiro atoms. The highest BCUT2D eigenvalue weighted by molar-refractivity contribution is 5.94. The number of ether oxygens (including phenoxy) is 1. The van der Waals surface area contributed by atoms with Crippen LogP contribution in [-0.4, -0.2) is 41.4 Å². The lowest BCUT2D eigenvalue weighted by Crippen LogP contribution is -2.42. The Kier molecular flexibility index (Phi) is 5.35. The molecule has 0 saturated carbocycles. The van der Waals surface area contributed by atoms with Gasteiger partial charge in [0.1, 0.15) is 6.10 Å². The maximum Gasteiger partial charge on any atom is 0.254 e. The molecule has 2 heterocycles. The normalized spacial score (nSPS) is 16.4. The number of rotatable bonds is 4. The van der Waals surface area contributed by atoms with Gasteiger partial charge >= 0.3 is 0 Å². The van der Waals surface area contributed by atoms with Crippen LogP contribution in [0, 0.1) is 0 Å². The second-order valence-corrected chi connectivity index (χ2v) is 6.89. The second-order valence-electron chi connectivity index (χ2n) is 6.89. The van der Waals surface area contributed by atoms with Gasteiger partial charge in [0.05, 0.1) is 18.8 Å². The predicted molar refractivity (Wildman–Crippen MR) is 109 cm³/mol. The summed E-state index contributed by atoms with van der Waals surface area (Å²) >= 11 is 0. The van der Waals surface area contributed by atoms with Crippen molar-refractivity contribution >= 4 is 11.8 Å². The van der Waals surface area contributed by atoms with Crippen molar-refractivity contribution in [1.29, 1.82) is 0 Å². The fourth-order valence-corrected chi connectivity index (χ4v) is 3.39. The summed E-state index contributed by atoms with van der Waals surface area (Å²) in [5, 5.41) is 0. The van der Waals surface area contributed by atoms with Crippen LogP contribution in [0.3, 0.4) is 0 Å². The van der Waals surface area contributed by atoms with Crippen molar-refractivity contribution in [1.82, 2.24) is 9.88 Å². The third-order valence-corrected chi connectivity index (χ3v) is 4.97. The van der Waals surface area contributed by atoms with Gasteiger partial charge in [-0.2, -0.15) is 0 Å². The minimum Gasteiger partial charge on any atom is -0.368 e. The first kappa shape index (κ1) is 18.8. The fourth-order valence-electron chi connectivity index (χ4n) is 3.39. The largest absolute Gasteiger partial charge is 0.368 e. The predicted octanol–water partition coefficient (Wildman–Crippen LogP) is 3.06. The van der Waals surface area contributed by atoms with Crippen molar-refractivity contribution in [2.24, 2.45) is 5.73 Å². The molecule has 0 radical (unpaired) electrons. The third kappa shape index (κ3) is 4.17. The van der Waals surface area contributed by atoms with E-state index in [4.69, 9.17) is 10.5 Å². The molecule has 6 nitrogen and oxygen atoms in total. The molecular weight excluding hydrogens is 366 g/mol. The van der Waals surface area contributed by atoms with Crippen molar-refractivity contribution < 1.29 is 14.3 Å². The van der Waals surface area contributed by atoms with Crippen molar-refractivity contribution in [3.63, 3.8) is 0 Å². The molecule has 1 atom stereocenters. The van der Waals surface area contributed by atoms with E-state index in [-0.39, 0.29) is 12.0 Å². The van der Waals surface area contributed by atoms with E-state index in [0.717, 1.165) is 16.8 Å². The van der Waals surface area contributed by atoms with Crippen molar-refractivity contribution in [2.75, 3.05) is 19.7 Å². The van der Waals surface area contributed by atoms with Crippen LogP contribution < -0.4 is 5.73 Å². The van der Waals surface area contributed by atoms with E-state index in [9.17, 15) is 9.59 Å².